The molecule has 0 aromatic heterocycles. The quantitative estimate of drug-likeness (QED) is 0.723. The van der Waals surface area contributed by atoms with Crippen molar-refractivity contribution in [1.82, 2.24) is 0 Å². The van der Waals surface area contributed by atoms with Crippen molar-refractivity contribution in [3.63, 3.8) is 0 Å². The monoisotopic (exact) mass is 225 g/mol. The van der Waals surface area contributed by atoms with Gasteiger partial charge < -0.3 is 5.32 Å². The summed E-state index contributed by atoms with van der Waals surface area (Å²) < 4.78 is 0.996. The molecule has 1 aromatic rings. The van der Waals surface area contributed by atoms with Crippen LogP contribution in [0.25, 0.3) is 0 Å². The lowest BCUT2D eigenvalue weighted by atomic mass is 10.0. The fourth-order valence-electron chi connectivity index (χ4n) is 1.40. The maximum atomic E-state index is 11.2. The van der Waals surface area contributed by atoms with Crippen molar-refractivity contribution < 1.29 is 4.79 Å². The predicted octanol–water partition coefficient (Wildman–Crippen LogP) is 2.50. The minimum absolute atomic E-state index is 0.00639. The topological polar surface area (TPSA) is 29.1 Å². The fraction of sp³-hybridized carbons (Fsp3) is 0.222. The smallest absolute Gasteiger partial charge is 0.231 e. The average Bonchev–Trinajstić information content (AvgIpc) is 2.28. The highest BCUT2D eigenvalue weighted by atomic mass is 79.9. The second-order valence-electron chi connectivity index (χ2n) is 2.94. The van der Waals surface area contributed by atoms with Gasteiger partial charge in [0.15, 0.2) is 0 Å². The molecule has 0 saturated carbocycles. The Kier molecular flexibility index (Phi) is 1.68. The second-order valence-corrected chi connectivity index (χ2v) is 3.86. The van der Waals surface area contributed by atoms with Crippen molar-refractivity contribution in [2.45, 2.75) is 12.8 Å². The van der Waals surface area contributed by atoms with Crippen LogP contribution in [0.5, 0.6) is 0 Å². The fourth-order valence-corrected chi connectivity index (χ4v) is 1.76. The van der Waals surface area contributed by atoms with Crippen LogP contribution in [0, 0.1) is 0 Å². The Hall–Kier alpha value is -0.830. The van der Waals surface area contributed by atoms with Crippen molar-refractivity contribution in [2.75, 3.05) is 5.32 Å². The Labute approximate surface area is 79.1 Å². The third-order valence-electron chi connectivity index (χ3n) is 2.13. The first-order valence-corrected chi connectivity index (χ1v) is 4.58. The van der Waals surface area contributed by atoms with E-state index in [1.54, 1.807) is 0 Å². The van der Waals surface area contributed by atoms with Gasteiger partial charge in [-0.1, -0.05) is 22.0 Å². The second kappa shape index (κ2) is 2.59. The Morgan fingerprint density at radius 1 is 1.50 bits per heavy atom. The molecule has 0 unspecified atom stereocenters. The number of anilines is 1. The van der Waals surface area contributed by atoms with Crippen LogP contribution in [0.4, 0.5) is 5.69 Å². The first-order valence-electron chi connectivity index (χ1n) is 3.79. The van der Waals surface area contributed by atoms with E-state index >= 15 is 0 Å². The van der Waals surface area contributed by atoms with Crippen LogP contribution in [0.15, 0.2) is 22.7 Å². The number of carbonyl (C=O) groups is 1. The SMILES string of the molecule is C[C@H]1C(=O)Nc2cc(Br)ccc21. The van der Waals surface area contributed by atoms with Gasteiger partial charge in [-0.3, -0.25) is 4.79 Å². The van der Waals surface area contributed by atoms with E-state index in [0.29, 0.717) is 0 Å². The Morgan fingerprint density at radius 3 is 3.00 bits per heavy atom. The third-order valence-corrected chi connectivity index (χ3v) is 2.63. The zero-order valence-electron chi connectivity index (χ0n) is 6.60. The number of rotatable bonds is 0. The van der Waals surface area contributed by atoms with Gasteiger partial charge in [0, 0.05) is 10.2 Å². The lowest BCUT2D eigenvalue weighted by Gasteiger charge is -1.99. The molecule has 0 saturated heterocycles. The van der Waals surface area contributed by atoms with Crippen LogP contribution in [0.2, 0.25) is 0 Å². The van der Waals surface area contributed by atoms with Crippen molar-refractivity contribution >= 4 is 27.5 Å². The van der Waals surface area contributed by atoms with Crippen LogP contribution < -0.4 is 5.32 Å². The highest BCUT2D eigenvalue weighted by Gasteiger charge is 2.25. The van der Waals surface area contributed by atoms with Gasteiger partial charge in [-0.2, -0.15) is 0 Å². The number of benzene rings is 1. The van der Waals surface area contributed by atoms with Gasteiger partial charge in [0.25, 0.3) is 0 Å². The van der Waals surface area contributed by atoms with Crippen molar-refractivity contribution in [3.8, 4) is 0 Å². The highest BCUT2D eigenvalue weighted by molar-refractivity contribution is 9.10. The number of halogens is 1. The predicted molar refractivity (Wildman–Crippen MR) is 51.2 cm³/mol. The van der Waals surface area contributed by atoms with Gasteiger partial charge in [0.05, 0.1) is 5.92 Å². The molecule has 12 heavy (non-hydrogen) atoms. The molecule has 62 valence electrons. The van der Waals surface area contributed by atoms with Crippen LogP contribution >= 0.6 is 15.9 Å². The largest absolute Gasteiger partial charge is 0.325 e. The minimum atomic E-state index is -0.00639. The van der Waals surface area contributed by atoms with E-state index in [1.807, 2.05) is 25.1 Å². The molecule has 1 aliphatic rings. The summed E-state index contributed by atoms with van der Waals surface area (Å²) >= 11 is 3.35. The maximum absolute atomic E-state index is 11.2. The lowest BCUT2D eigenvalue weighted by molar-refractivity contribution is -0.116. The van der Waals surface area contributed by atoms with E-state index in [4.69, 9.17) is 0 Å². The van der Waals surface area contributed by atoms with Crippen LogP contribution in [-0.2, 0) is 4.79 Å². The van der Waals surface area contributed by atoms with Gasteiger partial charge in [-0.25, -0.2) is 0 Å². The van der Waals surface area contributed by atoms with E-state index < -0.39 is 0 Å². The number of amides is 1. The molecule has 1 atom stereocenters. The molecule has 1 heterocycles. The van der Waals surface area contributed by atoms with Crippen LogP contribution in [0.1, 0.15) is 18.4 Å². The lowest BCUT2D eigenvalue weighted by Crippen LogP contribution is -2.08. The molecule has 1 aromatic carbocycles. The molecule has 1 N–H and O–H groups in total. The van der Waals surface area contributed by atoms with E-state index in [2.05, 4.69) is 21.2 Å². The minimum Gasteiger partial charge on any atom is -0.325 e. The molecule has 0 spiro atoms. The summed E-state index contributed by atoms with van der Waals surface area (Å²) in [6.07, 6.45) is 0. The van der Waals surface area contributed by atoms with E-state index in [1.165, 1.54) is 0 Å². The van der Waals surface area contributed by atoms with E-state index in [9.17, 15) is 4.79 Å². The Balaban J connectivity index is 2.54. The highest BCUT2D eigenvalue weighted by Crippen LogP contribution is 2.33. The Bertz CT molecular complexity index is 348. The first kappa shape index (κ1) is 7.80. The molecule has 0 radical (unpaired) electrons. The van der Waals surface area contributed by atoms with E-state index in [-0.39, 0.29) is 11.8 Å². The van der Waals surface area contributed by atoms with Gasteiger partial charge in [0.2, 0.25) is 5.91 Å². The third kappa shape index (κ3) is 1.05. The number of hydrogen-bond acceptors (Lipinski definition) is 1. The van der Waals surface area contributed by atoms with Gasteiger partial charge >= 0.3 is 0 Å². The zero-order valence-corrected chi connectivity index (χ0v) is 8.18. The number of hydrogen-bond donors (Lipinski definition) is 1. The Morgan fingerprint density at radius 2 is 2.25 bits per heavy atom. The molecule has 2 rings (SSSR count). The first-order chi connectivity index (χ1) is 5.68. The molecule has 3 heteroatoms. The van der Waals surface area contributed by atoms with Crippen molar-refractivity contribution in [1.29, 1.82) is 0 Å². The number of nitrogens with one attached hydrogen (secondary N) is 1. The van der Waals surface area contributed by atoms with E-state index in [0.717, 1.165) is 15.7 Å². The van der Waals surface area contributed by atoms with Gasteiger partial charge in [0.1, 0.15) is 0 Å². The van der Waals surface area contributed by atoms with Gasteiger partial charge in [-0.15, -0.1) is 0 Å². The molecule has 0 aliphatic carbocycles. The molecule has 0 bridgehead atoms. The summed E-state index contributed by atoms with van der Waals surface area (Å²) in [6, 6.07) is 5.86. The van der Waals surface area contributed by atoms with Crippen molar-refractivity contribution in [3.05, 3.63) is 28.2 Å². The summed E-state index contributed by atoms with van der Waals surface area (Å²) in [6.45, 7) is 1.91. The number of fused-ring (bicyclic) bond motifs is 1. The van der Waals surface area contributed by atoms with Crippen molar-refractivity contribution in [2.24, 2.45) is 0 Å². The molecule has 2 nitrogen and oxygen atoms in total. The summed E-state index contributed by atoms with van der Waals surface area (Å²) in [5.41, 5.74) is 2.02. The number of carbonyl (C=O) groups excluding carboxylic acids is 1. The summed E-state index contributed by atoms with van der Waals surface area (Å²) in [5.74, 6) is 0.0798. The molecule has 0 fully saturated rings. The normalized spacial score (nSPS) is 20.5. The zero-order chi connectivity index (χ0) is 8.72. The van der Waals surface area contributed by atoms with Gasteiger partial charge in [-0.05, 0) is 24.6 Å². The standard InChI is InChI=1S/C9H8BrNO/c1-5-7-3-2-6(10)4-8(7)11-9(5)12/h2-5H,1H3,(H,11,12)/t5-/m1/s1. The summed E-state index contributed by atoms with van der Waals surface area (Å²) in [7, 11) is 0. The maximum Gasteiger partial charge on any atom is 0.231 e. The molecule has 1 amide bonds. The molecular weight excluding hydrogens is 218 g/mol. The molecular formula is C9H8BrNO. The molecule has 1 aliphatic heterocycles. The van der Waals surface area contributed by atoms with Crippen LogP contribution in [-0.4, -0.2) is 5.91 Å². The summed E-state index contributed by atoms with van der Waals surface area (Å²) in [5, 5.41) is 2.82. The van der Waals surface area contributed by atoms with Crippen LogP contribution in [0.3, 0.4) is 0 Å². The summed E-state index contributed by atoms with van der Waals surface area (Å²) in [4.78, 5) is 11.2. The average molecular weight is 226 g/mol.